The molecule has 2 aliphatic heterocycles. The quantitative estimate of drug-likeness (QED) is 0.637. The van der Waals surface area contributed by atoms with Crippen LogP contribution in [0.25, 0.3) is 0 Å². The minimum absolute atomic E-state index is 0.121. The average molecular weight is 452 g/mol. The molecule has 7 heteroatoms. The Morgan fingerprint density at radius 1 is 1.22 bits per heavy atom. The van der Waals surface area contributed by atoms with Crippen molar-refractivity contribution in [2.45, 2.75) is 78.6 Å². The summed E-state index contributed by atoms with van der Waals surface area (Å²) in [7, 11) is 0. The number of fused-ring (bicyclic) bond motifs is 1. The fraction of sp³-hybridized carbons (Fsp3) is 0.760. The first-order chi connectivity index (χ1) is 15.0. The predicted octanol–water partition coefficient (Wildman–Crippen LogP) is 5.16. The molecular weight excluding hydrogens is 415 g/mol. The fourth-order valence-electron chi connectivity index (χ4n) is 6.40. The molecule has 178 valence electrons. The van der Waals surface area contributed by atoms with Crippen molar-refractivity contribution in [1.82, 2.24) is 14.8 Å². The normalized spacial score (nSPS) is 31.8. The summed E-state index contributed by atoms with van der Waals surface area (Å²) >= 11 is 0. The summed E-state index contributed by atoms with van der Waals surface area (Å²) < 4.78 is 39.5. The van der Waals surface area contributed by atoms with Crippen LogP contribution in [-0.2, 0) is 23.9 Å². The molecule has 0 aromatic carbocycles. The number of pyridine rings is 1. The zero-order valence-corrected chi connectivity index (χ0v) is 19.7. The van der Waals surface area contributed by atoms with E-state index in [1.165, 1.54) is 12.5 Å². The number of piperidine rings is 1. The minimum atomic E-state index is -4.42. The van der Waals surface area contributed by atoms with Crippen LogP contribution in [-0.4, -0.2) is 46.4 Å². The number of carbonyl (C=O) groups excluding carboxylic acids is 1. The van der Waals surface area contributed by atoms with Crippen LogP contribution in [0.15, 0.2) is 12.3 Å². The first-order valence-corrected chi connectivity index (χ1v) is 12.1. The summed E-state index contributed by atoms with van der Waals surface area (Å²) in [6.45, 7) is 11.8. The third kappa shape index (κ3) is 4.42. The largest absolute Gasteiger partial charge is 0.417 e. The number of alkyl halides is 3. The van der Waals surface area contributed by atoms with Crippen molar-refractivity contribution in [2.24, 2.45) is 23.2 Å². The molecule has 1 saturated heterocycles. The fourth-order valence-corrected chi connectivity index (χ4v) is 6.40. The molecule has 1 amide bonds. The third-order valence-corrected chi connectivity index (χ3v) is 8.12. The lowest BCUT2D eigenvalue weighted by Gasteiger charge is -2.42. The van der Waals surface area contributed by atoms with Crippen molar-refractivity contribution in [1.29, 1.82) is 0 Å². The summed E-state index contributed by atoms with van der Waals surface area (Å²) in [5.74, 6) is 1.67. The number of halogens is 3. The highest BCUT2D eigenvalue weighted by Crippen LogP contribution is 2.48. The van der Waals surface area contributed by atoms with E-state index in [2.05, 4.69) is 37.6 Å². The Kier molecular flexibility index (Phi) is 6.34. The molecule has 4 unspecified atom stereocenters. The van der Waals surface area contributed by atoms with Crippen molar-refractivity contribution in [3.63, 3.8) is 0 Å². The van der Waals surface area contributed by atoms with Crippen molar-refractivity contribution in [3.8, 4) is 0 Å². The molecule has 32 heavy (non-hydrogen) atoms. The number of nitrogens with zero attached hydrogens (tertiary/aromatic N) is 3. The molecule has 1 saturated carbocycles. The summed E-state index contributed by atoms with van der Waals surface area (Å²) in [6, 6.07) is 1.60. The van der Waals surface area contributed by atoms with Gasteiger partial charge in [0.15, 0.2) is 0 Å². The van der Waals surface area contributed by atoms with Gasteiger partial charge in [0, 0.05) is 50.5 Å². The van der Waals surface area contributed by atoms with Gasteiger partial charge in [-0.15, -0.1) is 0 Å². The third-order valence-electron chi connectivity index (χ3n) is 8.12. The summed E-state index contributed by atoms with van der Waals surface area (Å²) in [5.41, 5.74) is 0.0485. The van der Waals surface area contributed by atoms with Gasteiger partial charge in [-0.3, -0.25) is 14.7 Å². The first kappa shape index (κ1) is 23.5. The zero-order valence-electron chi connectivity index (χ0n) is 19.7. The lowest BCUT2D eigenvalue weighted by Crippen LogP contribution is -2.49. The van der Waals surface area contributed by atoms with Gasteiger partial charge in [0.1, 0.15) is 0 Å². The van der Waals surface area contributed by atoms with Gasteiger partial charge in [-0.2, -0.15) is 13.2 Å². The Balaban J connectivity index is 1.52. The number of amides is 1. The van der Waals surface area contributed by atoms with Gasteiger partial charge in [-0.1, -0.05) is 27.7 Å². The monoisotopic (exact) mass is 451 g/mol. The van der Waals surface area contributed by atoms with Crippen LogP contribution >= 0.6 is 0 Å². The number of aromatic nitrogens is 1. The standard InChI is InChI=1S/C25H36F3N3O/c1-16(2)24(7-5-21(11-24)31-13-17(3)9-18(4)14-31)23(32)30-8-6-22-19(15-30)10-20(12-29-22)25(26,27)28/h10,12,16-18,21H,5-9,11,13-15H2,1-4H3. The Labute approximate surface area is 189 Å². The molecule has 4 rings (SSSR count). The van der Waals surface area contributed by atoms with Gasteiger partial charge in [0.2, 0.25) is 5.91 Å². The smallest absolute Gasteiger partial charge is 0.337 e. The maximum Gasteiger partial charge on any atom is 0.417 e. The lowest BCUT2D eigenvalue weighted by atomic mass is 9.73. The zero-order chi connectivity index (χ0) is 23.3. The van der Waals surface area contributed by atoms with Crippen LogP contribution < -0.4 is 0 Å². The molecule has 4 atom stereocenters. The van der Waals surface area contributed by atoms with Crippen LogP contribution in [0, 0.1) is 23.2 Å². The van der Waals surface area contributed by atoms with Gasteiger partial charge >= 0.3 is 6.18 Å². The van der Waals surface area contributed by atoms with E-state index in [9.17, 15) is 18.0 Å². The second-order valence-corrected chi connectivity index (χ2v) is 10.9. The molecule has 3 heterocycles. The second kappa shape index (κ2) is 8.62. The minimum Gasteiger partial charge on any atom is -0.337 e. The molecule has 4 nitrogen and oxygen atoms in total. The number of carbonyl (C=O) groups is 1. The first-order valence-electron chi connectivity index (χ1n) is 12.1. The molecule has 3 aliphatic rings. The van der Waals surface area contributed by atoms with Crippen LogP contribution in [0.3, 0.4) is 0 Å². The number of rotatable bonds is 3. The van der Waals surface area contributed by atoms with Gasteiger partial charge in [0.05, 0.1) is 11.0 Å². The maximum atomic E-state index is 13.9. The summed E-state index contributed by atoms with van der Waals surface area (Å²) in [4.78, 5) is 22.3. The van der Waals surface area contributed by atoms with Gasteiger partial charge in [-0.25, -0.2) is 0 Å². The van der Waals surface area contributed by atoms with E-state index in [0.29, 0.717) is 42.1 Å². The Morgan fingerprint density at radius 2 is 1.91 bits per heavy atom. The number of hydrogen-bond acceptors (Lipinski definition) is 3. The lowest BCUT2D eigenvalue weighted by molar-refractivity contribution is -0.146. The van der Waals surface area contributed by atoms with Gasteiger partial charge in [-0.05, 0) is 55.1 Å². The van der Waals surface area contributed by atoms with E-state index in [1.807, 2.05) is 0 Å². The van der Waals surface area contributed by atoms with E-state index >= 15 is 0 Å². The average Bonchev–Trinajstić information content (AvgIpc) is 3.18. The Bertz CT molecular complexity index is 845. The highest BCUT2D eigenvalue weighted by molar-refractivity contribution is 5.83. The van der Waals surface area contributed by atoms with Gasteiger partial charge < -0.3 is 4.90 Å². The highest BCUT2D eigenvalue weighted by atomic mass is 19.4. The molecule has 1 aromatic heterocycles. The molecule has 1 aromatic rings. The van der Waals surface area contributed by atoms with Crippen molar-refractivity contribution >= 4 is 5.91 Å². The van der Waals surface area contributed by atoms with Crippen molar-refractivity contribution in [3.05, 3.63) is 29.1 Å². The Hall–Kier alpha value is -1.63. The van der Waals surface area contributed by atoms with Crippen LogP contribution in [0.5, 0.6) is 0 Å². The predicted molar refractivity (Wildman–Crippen MR) is 118 cm³/mol. The molecule has 2 fully saturated rings. The topological polar surface area (TPSA) is 36.4 Å². The van der Waals surface area contributed by atoms with Crippen LogP contribution in [0.4, 0.5) is 13.2 Å². The van der Waals surface area contributed by atoms with Crippen molar-refractivity contribution in [2.75, 3.05) is 19.6 Å². The number of hydrogen-bond donors (Lipinski definition) is 0. The SMILES string of the molecule is CC1CC(C)CN(C2CCC(C(=O)N3CCc4ncc(C(F)(F)F)cc4C3)(C(C)C)C2)C1. The van der Waals surface area contributed by atoms with E-state index in [1.54, 1.807) is 4.90 Å². The van der Waals surface area contributed by atoms with E-state index in [-0.39, 0.29) is 18.4 Å². The molecule has 0 bridgehead atoms. The summed E-state index contributed by atoms with van der Waals surface area (Å²) in [5, 5.41) is 0. The maximum absolute atomic E-state index is 13.9. The summed E-state index contributed by atoms with van der Waals surface area (Å²) in [6.07, 6.45) is 0.998. The molecule has 1 aliphatic carbocycles. The van der Waals surface area contributed by atoms with Crippen LogP contribution in [0.1, 0.15) is 70.2 Å². The number of likely N-dealkylation sites (tertiary alicyclic amines) is 1. The highest BCUT2D eigenvalue weighted by Gasteiger charge is 2.51. The van der Waals surface area contributed by atoms with E-state index < -0.39 is 17.2 Å². The van der Waals surface area contributed by atoms with Gasteiger partial charge in [0.25, 0.3) is 0 Å². The molecule has 0 radical (unpaired) electrons. The second-order valence-electron chi connectivity index (χ2n) is 10.9. The molecular formula is C25H36F3N3O. The molecule has 0 spiro atoms. The van der Waals surface area contributed by atoms with E-state index in [0.717, 1.165) is 38.5 Å². The van der Waals surface area contributed by atoms with Crippen LogP contribution in [0.2, 0.25) is 0 Å². The van der Waals surface area contributed by atoms with Crippen molar-refractivity contribution < 1.29 is 18.0 Å². The molecule has 0 N–H and O–H groups in total. The Morgan fingerprint density at radius 3 is 2.53 bits per heavy atom. The van der Waals surface area contributed by atoms with E-state index in [4.69, 9.17) is 0 Å².